The summed E-state index contributed by atoms with van der Waals surface area (Å²) in [6.45, 7) is 4.18. The van der Waals surface area contributed by atoms with Gasteiger partial charge >= 0.3 is 6.18 Å². The Balaban J connectivity index is 3.04. The molecule has 0 aliphatic rings. The van der Waals surface area contributed by atoms with E-state index in [1.54, 1.807) is 39.0 Å². The molecule has 0 bridgehead atoms. The smallest absolute Gasteiger partial charge is 0.401 e. The molecule has 0 amide bonds. The lowest BCUT2D eigenvalue weighted by molar-refractivity contribution is -0.150. The Morgan fingerprint density at radius 2 is 1.86 bits per heavy atom. The van der Waals surface area contributed by atoms with Crippen LogP contribution in [-0.4, -0.2) is 35.9 Å². The van der Waals surface area contributed by atoms with Crippen LogP contribution in [0, 0.1) is 0 Å². The first kappa shape index (κ1) is 17.8. The number of aliphatic hydroxyl groups excluding tert-OH is 1. The van der Waals surface area contributed by atoms with Gasteiger partial charge in [0.25, 0.3) is 0 Å². The summed E-state index contributed by atoms with van der Waals surface area (Å²) in [5.74, 6) is 0.521. The fourth-order valence-electron chi connectivity index (χ4n) is 2.05. The molecular formula is C15H22F3NO2. The van der Waals surface area contributed by atoms with Gasteiger partial charge in [0.05, 0.1) is 19.8 Å². The van der Waals surface area contributed by atoms with Crippen molar-refractivity contribution in [2.24, 2.45) is 0 Å². The Kier molecular flexibility index (Phi) is 6.04. The van der Waals surface area contributed by atoms with Gasteiger partial charge in [-0.1, -0.05) is 6.07 Å². The van der Waals surface area contributed by atoms with Crippen LogP contribution in [0.3, 0.4) is 0 Å². The van der Waals surface area contributed by atoms with Gasteiger partial charge < -0.3 is 9.84 Å². The van der Waals surface area contributed by atoms with Crippen molar-refractivity contribution in [1.29, 1.82) is 0 Å². The number of rotatable bonds is 6. The van der Waals surface area contributed by atoms with Gasteiger partial charge in [-0.3, -0.25) is 4.90 Å². The van der Waals surface area contributed by atoms with Crippen molar-refractivity contribution < 1.29 is 23.0 Å². The van der Waals surface area contributed by atoms with Crippen LogP contribution >= 0.6 is 0 Å². The molecule has 0 aromatic heterocycles. The van der Waals surface area contributed by atoms with Gasteiger partial charge in [0.2, 0.25) is 0 Å². The summed E-state index contributed by atoms with van der Waals surface area (Å²) in [6.07, 6.45) is -4.93. The van der Waals surface area contributed by atoms with Gasteiger partial charge in [-0.25, -0.2) is 0 Å². The first-order valence-electron chi connectivity index (χ1n) is 6.79. The maximum absolute atomic E-state index is 12.6. The maximum Gasteiger partial charge on any atom is 0.401 e. The molecule has 3 nitrogen and oxygen atoms in total. The third kappa shape index (κ3) is 5.55. The third-order valence-corrected chi connectivity index (χ3v) is 3.27. The minimum absolute atomic E-state index is 0.112. The van der Waals surface area contributed by atoms with E-state index in [1.807, 2.05) is 0 Å². The number of benzene rings is 1. The van der Waals surface area contributed by atoms with Crippen LogP contribution in [0.15, 0.2) is 18.2 Å². The number of alkyl halides is 3. The van der Waals surface area contributed by atoms with E-state index >= 15 is 0 Å². The SMILES string of the molecule is COc1ccc(C(C)O)cc1CN(CC(F)(F)F)C(C)C. The van der Waals surface area contributed by atoms with Crippen LogP contribution in [0.25, 0.3) is 0 Å². The van der Waals surface area contributed by atoms with Crippen molar-refractivity contribution in [3.05, 3.63) is 29.3 Å². The number of hydrogen-bond acceptors (Lipinski definition) is 3. The molecule has 1 unspecified atom stereocenters. The number of aliphatic hydroxyl groups is 1. The van der Waals surface area contributed by atoms with Crippen molar-refractivity contribution in [2.45, 2.75) is 45.6 Å². The van der Waals surface area contributed by atoms with E-state index in [0.29, 0.717) is 16.9 Å². The summed E-state index contributed by atoms with van der Waals surface area (Å²) < 4.78 is 43.1. The van der Waals surface area contributed by atoms with Gasteiger partial charge in [0, 0.05) is 18.2 Å². The summed E-state index contributed by atoms with van der Waals surface area (Å²) in [5, 5.41) is 9.61. The van der Waals surface area contributed by atoms with E-state index in [-0.39, 0.29) is 12.6 Å². The molecule has 0 aliphatic carbocycles. The molecule has 120 valence electrons. The quantitative estimate of drug-likeness (QED) is 0.873. The molecule has 0 spiro atoms. The highest BCUT2D eigenvalue weighted by Crippen LogP contribution is 2.27. The molecule has 1 rings (SSSR count). The molecule has 0 heterocycles. The van der Waals surface area contributed by atoms with Gasteiger partial charge in [0.15, 0.2) is 0 Å². The molecule has 1 aromatic carbocycles. The summed E-state index contributed by atoms with van der Waals surface area (Å²) in [6, 6.07) is 4.81. The van der Waals surface area contributed by atoms with E-state index in [0.717, 1.165) is 0 Å². The summed E-state index contributed by atoms with van der Waals surface area (Å²) in [5.41, 5.74) is 1.29. The molecule has 1 atom stereocenters. The second-order valence-corrected chi connectivity index (χ2v) is 5.36. The highest BCUT2D eigenvalue weighted by molar-refractivity contribution is 5.38. The zero-order valence-corrected chi connectivity index (χ0v) is 12.7. The molecule has 0 saturated carbocycles. The Morgan fingerprint density at radius 1 is 1.24 bits per heavy atom. The Morgan fingerprint density at radius 3 is 2.29 bits per heavy atom. The van der Waals surface area contributed by atoms with Gasteiger partial charge in [-0.2, -0.15) is 13.2 Å². The molecular weight excluding hydrogens is 283 g/mol. The first-order chi connectivity index (χ1) is 9.64. The minimum atomic E-state index is -4.25. The Bertz CT molecular complexity index is 459. The number of nitrogens with zero attached hydrogens (tertiary/aromatic N) is 1. The van der Waals surface area contributed by atoms with Crippen LogP contribution in [-0.2, 0) is 6.54 Å². The van der Waals surface area contributed by atoms with Gasteiger partial charge in [-0.05, 0) is 38.5 Å². The van der Waals surface area contributed by atoms with Crippen LogP contribution in [0.2, 0.25) is 0 Å². The van der Waals surface area contributed by atoms with E-state index in [9.17, 15) is 18.3 Å². The molecule has 6 heteroatoms. The predicted molar refractivity (Wildman–Crippen MR) is 75.2 cm³/mol. The van der Waals surface area contributed by atoms with Crippen LogP contribution in [0.1, 0.15) is 38.0 Å². The summed E-state index contributed by atoms with van der Waals surface area (Å²) in [7, 11) is 1.48. The van der Waals surface area contributed by atoms with E-state index in [4.69, 9.17) is 4.74 Å². The van der Waals surface area contributed by atoms with E-state index < -0.39 is 18.8 Å². The normalized spacial score (nSPS) is 13.8. The van der Waals surface area contributed by atoms with Gasteiger partial charge in [-0.15, -0.1) is 0 Å². The molecule has 0 saturated heterocycles. The molecule has 21 heavy (non-hydrogen) atoms. The van der Waals surface area contributed by atoms with Crippen molar-refractivity contribution in [3.8, 4) is 5.75 Å². The monoisotopic (exact) mass is 305 g/mol. The van der Waals surface area contributed by atoms with Crippen LogP contribution in [0.5, 0.6) is 5.75 Å². The Hall–Kier alpha value is -1.27. The lowest BCUT2D eigenvalue weighted by Crippen LogP contribution is -2.38. The number of ether oxygens (including phenoxy) is 1. The zero-order valence-electron chi connectivity index (χ0n) is 12.7. The van der Waals surface area contributed by atoms with E-state index in [1.165, 1.54) is 12.0 Å². The van der Waals surface area contributed by atoms with Crippen LogP contribution < -0.4 is 4.74 Å². The standard InChI is InChI=1S/C15H22F3NO2/c1-10(2)19(9-15(16,17)18)8-13-7-12(11(3)20)5-6-14(13)21-4/h5-7,10-11,20H,8-9H2,1-4H3. The van der Waals surface area contributed by atoms with Crippen molar-refractivity contribution in [1.82, 2.24) is 4.90 Å². The Labute approximate surface area is 123 Å². The van der Waals surface area contributed by atoms with Gasteiger partial charge in [0.1, 0.15) is 5.75 Å². The molecule has 1 aromatic rings. The summed E-state index contributed by atoms with van der Waals surface area (Å²) in [4.78, 5) is 1.32. The fourth-order valence-corrected chi connectivity index (χ4v) is 2.05. The largest absolute Gasteiger partial charge is 0.496 e. The lowest BCUT2D eigenvalue weighted by Gasteiger charge is -2.28. The third-order valence-electron chi connectivity index (χ3n) is 3.27. The highest BCUT2D eigenvalue weighted by Gasteiger charge is 2.32. The highest BCUT2D eigenvalue weighted by atomic mass is 19.4. The fraction of sp³-hybridized carbons (Fsp3) is 0.600. The van der Waals surface area contributed by atoms with E-state index in [2.05, 4.69) is 0 Å². The minimum Gasteiger partial charge on any atom is -0.496 e. The average Bonchev–Trinajstić information content (AvgIpc) is 2.36. The molecule has 0 radical (unpaired) electrons. The zero-order chi connectivity index (χ0) is 16.2. The van der Waals surface area contributed by atoms with Crippen LogP contribution in [0.4, 0.5) is 13.2 Å². The number of hydrogen-bond donors (Lipinski definition) is 1. The second-order valence-electron chi connectivity index (χ2n) is 5.36. The van der Waals surface area contributed by atoms with Crippen molar-refractivity contribution in [2.75, 3.05) is 13.7 Å². The summed E-state index contributed by atoms with van der Waals surface area (Å²) >= 11 is 0. The maximum atomic E-state index is 12.6. The molecule has 0 fully saturated rings. The predicted octanol–water partition coefficient (Wildman–Crippen LogP) is 3.52. The number of halogens is 3. The van der Waals surface area contributed by atoms with Crippen molar-refractivity contribution >= 4 is 0 Å². The lowest BCUT2D eigenvalue weighted by atomic mass is 10.0. The molecule has 0 aliphatic heterocycles. The van der Waals surface area contributed by atoms with Crippen molar-refractivity contribution in [3.63, 3.8) is 0 Å². The topological polar surface area (TPSA) is 32.7 Å². The average molecular weight is 305 g/mol. The first-order valence-corrected chi connectivity index (χ1v) is 6.79. The molecule has 1 N–H and O–H groups in total. The number of methoxy groups -OCH3 is 1. The second kappa shape index (κ2) is 7.13.